The summed E-state index contributed by atoms with van der Waals surface area (Å²) in [6, 6.07) is 7.34. The predicted molar refractivity (Wildman–Crippen MR) is 124 cm³/mol. The third-order valence-electron chi connectivity index (χ3n) is 4.22. The summed E-state index contributed by atoms with van der Waals surface area (Å²) in [4.78, 5) is 18.4. The zero-order chi connectivity index (χ0) is 18.8. The summed E-state index contributed by atoms with van der Waals surface area (Å²) in [7, 11) is 3.78. The standard InChI is InChI=1S/C19H29BrN4O2.HI/c1-21-19(24(2)12-13-26-14-15-4-5-15)23-11-3-10-22-18(25)16-6-8-17(20)9-7-16;/h6-9,15H,3-5,10-14H2,1-2H3,(H,21,23)(H,22,25);1H. The Kier molecular flexibility index (Phi) is 11.9. The lowest BCUT2D eigenvalue weighted by molar-refractivity contribution is 0.0953. The molecule has 0 unspecified atom stereocenters. The zero-order valence-electron chi connectivity index (χ0n) is 16.0. The third kappa shape index (κ3) is 9.75. The van der Waals surface area contributed by atoms with E-state index in [0.29, 0.717) is 12.1 Å². The molecule has 0 spiro atoms. The summed E-state index contributed by atoms with van der Waals surface area (Å²) in [6.45, 7) is 3.79. The molecular formula is C19H30BrIN4O2. The van der Waals surface area contributed by atoms with Gasteiger partial charge in [-0.25, -0.2) is 0 Å². The molecule has 0 atom stereocenters. The van der Waals surface area contributed by atoms with Gasteiger partial charge in [-0.05, 0) is 49.4 Å². The maximum atomic E-state index is 12.0. The predicted octanol–water partition coefficient (Wildman–Crippen LogP) is 3.12. The highest BCUT2D eigenvalue weighted by Gasteiger charge is 2.21. The average molecular weight is 553 g/mol. The Morgan fingerprint density at radius 2 is 1.93 bits per heavy atom. The molecule has 1 fully saturated rings. The van der Waals surface area contributed by atoms with E-state index < -0.39 is 0 Å². The zero-order valence-corrected chi connectivity index (χ0v) is 20.0. The van der Waals surface area contributed by atoms with Gasteiger partial charge in [0.25, 0.3) is 5.91 Å². The van der Waals surface area contributed by atoms with E-state index >= 15 is 0 Å². The monoisotopic (exact) mass is 552 g/mol. The lowest BCUT2D eigenvalue weighted by atomic mass is 10.2. The molecule has 2 N–H and O–H groups in total. The second kappa shape index (κ2) is 13.3. The molecule has 1 aliphatic rings. The Morgan fingerprint density at radius 1 is 1.26 bits per heavy atom. The molecule has 1 aliphatic carbocycles. The molecule has 2 rings (SSSR count). The molecule has 0 saturated heterocycles. The van der Waals surface area contributed by atoms with Crippen LogP contribution in [0, 0.1) is 5.92 Å². The number of hydrogen-bond acceptors (Lipinski definition) is 3. The van der Waals surface area contributed by atoms with Crippen molar-refractivity contribution in [1.29, 1.82) is 0 Å². The Morgan fingerprint density at radius 3 is 2.56 bits per heavy atom. The van der Waals surface area contributed by atoms with Crippen LogP contribution in [-0.2, 0) is 4.74 Å². The van der Waals surface area contributed by atoms with Gasteiger partial charge in [0.05, 0.1) is 6.61 Å². The third-order valence-corrected chi connectivity index (χ3v) is 4.75. The van der Waals surface area contributed by atoms with E-state index in [4.69, 9.17) is 4.74 Å². The van der Waals surface area contributed by atoms with E-state index in [0.717, 1.165) is 49.1 Å². The molecule has 1 saturated carbocycles. The fourth-order valence-electron chi connectivity index (χ4n) is 2.42. The van der Waals surface area contributed by atoms with Crippen molar-refractivity contribution >= 4 is 51.8 Å². The van der Waals surface area contributed by atoms with E-state index in [1.165, 1.54) is 12.8 Å². The molecule has 1 aromatic rings. The van der Waals surface area contributed by atoms with Gasteiger partial charge in [-0.2, -0.15) is 0 Å². The van der Waals surface area contributed by atoms with Crippen molar-refractivity contribution in [1.82, 2.24) is 15.5 Å². The molecule has 1 amide bonds. The van der Waals surface area contributed by atoms with Crippen molar-refractivity contribution in [3.8, 4) is 0 Å². The number of halogens is 2. The highest BCUT2D eigenvalue weighted by Crippen LogP contribution is 2.28. The molecule has 0 heterocycles. The van der Waals surface area contributed by atoms with Gasteiger partial charge in [-0.15, -0.1) is 24.0 Å². The Hall–Kier alpha value is -0.870. The van der Waals surface area contributed by atoms with Crippen LogP contribution in [0.1, 0.15) is 29.6 Å². The smallest absolute Gasteiger partial charge is 0.251 e. The maximum absolute atomic E-state index is 12.0. The van der Waals surface area contributed by atoms with Crippen LogP contribution in [0.3, 0.4) is 0 Å². The van der Waals surface area contributed by atoms with Crippen LogP contribution in [0.25, 0.3) is 0 Å². The number of nitrogens with zero attached hydrogens (tertiary/aromatic N) is 2. The summed E-state index contributed by atoms with van der Waals surface area (Å²) in [5.74, 6) is 1.59. The van der Waals surface area contributed by atoms with Gasteiger partial charge in [0.1, 0.15) is 0 Å². The highest BCUT2D eigenvalue weighted by molar-refractivity contribution is 14.0. The summed E-state index contributed by atoms with van der Waals surface area (Å²) in [5.41, 5.74) is 0.669. The molecule has 0 aliphatic heterocycles. The maximum Gasteiger partial charge on any atom is 0.251 e. The van der Waals surface area contributed by atoms with Gasteiger partial charge in [0, 0.05) is 50.4 Å². The van der Waals surface area contributed by atoms with Crippen LogP contribution in [0.5, 0.6) is 0 Å². The van der Waals surface area contributed by atoms with Crippen molar-refractivity contribution < 1.29 is 9.53 Å². The number of guanidine groups is 1. The van der Waals surface area contributed by atoms with Crippen molar-refractivity contribution in [3.63, 3.8) is 0 Å². The van der Waals surface area contributed by atoms with E-state index in [2.05, 4.69) is 36.5 Å². The number of benzene rings is 1. The van der Waals surface area contributed by atoms with E-state index in [1.807, 2.05) is 19.2 Å². The van der Waals surface area contributed by atoms with Crippen molar-refractivity contribution in [3.05, 3.63) is 34.3 Å². The van der Waals surface area contributed by atoms with Crippen LogP contribution in [0.4, 0.5) is 0 Å². The number of likely N-dealkylation sites (N-methyl/N-ethyl adjacent to an activating group) is 1. The second-order valence-corrected chi connectivity index (χ2v) is 7.45. The molecule has 0 aromatic heterocycles. The van der Waals surface area contributed by atoms with Crippen molar-refractivity contribution in [2.75, 3.05) is 46.9 Å². The SMILES string of the molecule is CN=C(NCCCNC(=O)c1ccc(Br)cc1)N(C)CCOCC1CC1.I. The van der Waals surface area contributed by atoms with Crippen molar-refractivity contribution in [2.24, 2.45) is 10.9 Å². The van der Waals surface area contributed by atoms with E-state index in [1.54, 1.807) is 19.2 Å². The summed E-state index contributed by atoms with van der Waals surface area (Å²) in [5, 5.41) is 6.25. The minimum absolute atomic E-state index is 0. The minimum Gasteiger partial charge on any atom is -0.379 e. The minimum atomic E-state index is -0.0492. The first kappa shape index (κ1) is 24.2. The van der Waals surface area contributed by atoms with E-state index in [-0.39, 0.29) is 29.9 Å². The number of ether oxygens (including phenoxy) is 1. The highest BCUT2D eigenvalue weighted by atomic mass is 127. The number of carbonyl (C=O) groups is 1. The quantitative estimate of drug-likeness (QED) is 0.203. The molecule has 1 aromatic carbocycles. The van der Waals surface area contributed by atoms with Crippen LogP contribution in [0.2, 0.25) is 0 Å². The Labute approximate surface area is 187 Å². The van der Waals surface area contributed by atoms with Gasteiger partial charge in [-0.3, -0.25) is 9.79 Å². The normalized spacial score (nSPS) is 13.7. The van der Waals surface area contributed by atoms with Gasteiger partial charge in [0.2, 0.25) is 0 Å². The second-order valence-electron chi connectivity index (χ2n) is 6.53. The van der Waals surface area contributed by atoms with Gasteiger partial charge >= 0.3 is 0 Å². The number of amides is 1. The first-order chi connectivity index (χ1) is 12.6. The first-order valence-electron chi connectivity index (χ1n) is 9.13. The fourth-order valence-corrected chi connectivity index (χ4v) is 2.68. The van der Waals surface area contributed by atoms with Crippen LogP contribution >= 0.6 is 39.9 Å². The van der Waals surface area contributed by atoms with Gasteiger partial charge < -0.3 is 20.3 Å². The van der Waals surface area contributed by atoms with Crippen LogP contribution in [-0.4, -0.2) is 63.7 Å². The number of hydrogen-bond donors (Lipinski definition) is 2. The fraction of sp³-hybridized carbons (Fsp3) is 0.579. The molecule has 8 heteroatoms. The molecule has 0 bridgehead atoms. The van der Waals surface area contributed by atoms with Crippen molar-refractivity contribution in [2.45, 2.75) is 19.3 Å². The van der Waals surface area contributed by atoms with Gasteiger partial charge in [0.15, 0.2) is 5.96 Å². The molecule has 0 radical (unpaired) electrons. The molecule has 152 valence electrons. The number of rotatable bonds is 10. The molecule has 6 nitrogen and oxygen atoms in total. The molecule has 27 heavy (non-hydrogen) atoms. The van der Waals surface area contributed by atoms with Crippen LogP contribution < -0.4 is 10.6 Å². The summed E-state index contributed by atoms with van der Waals surface area (Å²) in [6.07, 6.45) is 3.46. The largest absolute Gasteiger partial charge is 0.379 e. The average Bonchev–Trinajstić information content (AvgIpc) is 3.46. The van der Waals surface area contributed by atoms with E-state index in [9.17, 15) is 4.79 Å². The van der Waals surface area contributed by atoms with Gasteiger partial charge in [-0.1, -0.05) is 15.9 Å². The number of aliphatic imine (C=N–C) groups is 1. The van der Waals surface area contributed by atoms with Crippen LogP contribution in [0.15, 0.2) is 33.7 Å². The lowest BCUT2D eigenvalue weighted by Crippen LogP contribution is -2.41. The lowest BCUT2D eigenvalue weighted by Gasteiger charge is -2.22. The Bertz CT molecular complexity index is 594. The topological polar surface area (TPSA) is 66.0 Å². The Balaban J connectivity index is 0.00000364. The number of carbonyl (C=O) groups excluding carboxylic acids is 1. The molecular weight excluding hydrogens is 523 g/mol. The first-order valence-corrected chi connectivity index (χ1v) is 9.92. The summed E-state index contributed by atoms with van der Waals surface area (Å²) < 4.78 is 6.63. The number of nitrogens with one attached hydrogen (secondary N) is 2. The summed E-state index contributed by atoms with van der Waals surface area (Å²) >= 11 is 3.37.